The molecule has 0 bridgehead atoms. The van der Waals surface area contributed by atoms with Crippen LogP contribution < -0.4 is 9.47 Å². The van der Waals surface area contributed by atoms with Crippen LogP contribution in [0, 0.1) is 0 Å². The van der Waals surface area contributed by atoms with Gasteiger partial charge in [-0.15, -0.1) is 0 Å². The van der Waals surface area contributed by atoms with Gasteiger partial charge in [0.2, 0.25) is 11.6 Å². The number of carbonyl (C=O) groups excluding carboxylic acids is 1. The lowest BCUT2D eigenvalue weighted by Gasteiger charge is -2.51. The SMILES string of the molecule is COc1ccccc1C1=NN2[C@H](C1)c1cc(Br)ccc1OC21CCN(C(C)=O)CC1. The highest BCUT2D eigenvalue weighted by Gasteiger charge is 2.52. The van der Waals surface area contributed by atoms with Crippen LogP contribution >= 0.6 is 15.9 Å². The third-order valence-corrected chi connectivity index (χ3v) is 6.86. The molecule has 1 amide bonds. The lowest BCUT2D eigenvalue weighted by atomic mass is 9.90. The Morgan fingerprint density at radius 2 is 2.00 bits per heavy atom. The van der Waals surface area contributed by atoms with Crippen molar-refractivity contribution >= 4 is 27.5 Å². The fourth-order valence-corrected chi connectivity index (χ4v) is 5.18. The molecule has 2 aromatic carbocycles. The van der Waals surface area contributed by atoms with Crippen molar-refractivity contribution in [2.45, 2.75) is 38.0 Å². The number of nitrogens with zero attached hydrogens (tertiary/aromatic N) is 3. The van der Waals surface area contributed by atoms with Gasteiger partial charge in [0, 0.05) is 54.9 Å². The number of amides is 1. The van der Waals surface area contributed by atoms with Gasteiger partial charge in [-0.2, -0.15) is 5.10 Å². The van der Waals surface area contributed by atoms with Crippen molar-refractivity contribution in [2.24, 2.45) is 5.10 Å². The molecular weight excluding hydrogens is 446 g/mol. The van der Waals surface area contributed by atoms with Crippen molar-refractivity contribution in [1.82, 2.24) is 9.91 Å². The van der Waals surface area contributed by atoms with Crippen LogP contribution in [0.15, 0.2) is 52.0 Å². The minimum atomic E-state index is -0.540. The molecule has 0 unspecified atom stereocenters. The third kappa shape index (κ3) is 3.07. The van der Waals surface area contributed by atoms with Crippen LogP contribution in [-0.2, 0) is 4.79 Å². The number of methoxy groups -OCH3 is 1. The van der Waals surface area contributed by atoms with Gasteiger partial charge in [0.25, 0.3) is 0 Å². The number of hydrazone groups is 1. The molecule has 7 heteroatoms. The molecule has 0 radical (unpaired) electrons. The Morgan fingerprint density at radius 1 is 1.23 bits per heavy atom. The molecule has 0 aromatic heterocycles. The molecule has 30 heavy (non-hydrogen) atoms. The second-order valence-electron chi connectivity index (χ2n) is 8.05. The molecular formula is C23H24BrN3O3. The Balaban J connectivity index is 1.57. The van der Waals surface area contributed by atoms with E-state index in [1.165, 1.54) is 0 Å². The number of fused-ring (bicyclic) bond motifs is 4. The number of para-hydroxylation sites is 1. The van der Waals surface area contributed by atoms with Gasteiger partial charge in [0.15, 0.2) is 0 Å². The van der Waals surface area contributed by atoms with Gasteiger partial charge in [0.05, 0.1) is 18.9 Å². The van der Waals surface area contributed by atoms with Crippen molar-refractivity contribution < 1.29 is 14.3 Å². The van der Waals surface area contributed by atoms with Gasteiger partial charge in [-0.05, 0) is 30.3 Å². The van der Waals surface area contributed by atoms with Gasteiger partial charge in [-0.3, -0.25) is 4.79 Å². The normalized spacial score (nSPS) is 21.6. The number of carbonyl (C=O) groups is 1. The van der Waals surface area contributed by atoms with E-state index in [1.54, 1.807) is 14.0 Å². The Morgan fingerprint density at radius 3 is 2.73 bits per heavy atom. The average molecular weight is 470 g/mol. The number of piperidine rings is 1. The summed E-state index contributed by atoms with van der Waals surface area (Å²) in [6.45, 7) is 2.97. The Bertz CT molecular complexity index is 1030. The molecule has 1 fully saturated rings. The first-order chi connectivity index (χ1) is 14.5. The molecule has 156 valence electrons. The van der Waals surface area contributed by atoms with Gasteiger partial charge < -0.3 is 14.4 Å². The van der Waals surface area contributed by atoms with Crippen LogP contribution in [0.3, 0.4) is 0 Å². The van der Waals surface area contributed by atoms with Crippen molar-refractivity contribution in [2.75, 3.05) is 20.2 Å². The van der Waals surface area contributed by atoms with Crippen LogP contribution in [0.5, 0.6) is 11.5 Å². The highest BCUT2D eigenvalue weighted by atomic mass is 79.9. The quantitative estimate of drug-likeness (QED) is 0.656. The first-order valence-electron chi connectivity index (χ1n) is 10.2. The zero-order chi connectivity index (χ0) is 20.9. The Hall–Kier alpha value is -2.54. The molecule has 0 aliphatic carbocycles. The van der Waals surface area contributed by atoms with Gasteiger partial charge >= 0.3 is 0 Å². The van der Waals surface area contributed by atoms with E-state index in [-0.39, 0.29) is 11.9 Å². The molecule has 1 saturated heterocycles. The van der Waals surface area contributed by atoms with E-state index in [4.69, 9.17) is 14.6 Å². The lowest BCUT2D eigenvalue weighted by Crippen LogP contribution is -2.59. The fraction of sp³-hybridized carbons (Fsp3) is 0.391. The summed E-state index contributed by atoms with van der Waals surface area (Å²) in [6, 6.07) is 14.3. The fourth-order valence-electron chi connectivity index (χ4n) is 4.80. The van der Waals surface area contributed by atoms with E-state index >= 15 is 0 Å². The molecule has 1 spiro atoms. The predicted molar refractivity (Wildman–Crippen MR) is 118 cm³/mol. The van der Waals surface area contributed by atoms with Crippen LogP contribution in [0.1, 0.15) is 43.4 Å². The smallest absolute Gasteiger partial charge is 0.219 e. The van der Waals surface area contributed by atoms with E-state index in [2.05, 4.69) is 33.1 Å². The standard InChI is InChI=1S/C23H24BrN3O3/c1-15(28)26-11-9-23(10-12-26)27-20(18-13-16(24)7-8-22(18)30-23)14-19(25-27)17-5-3-4-6-21(17)29-2/h3-8,13,20H,9-12,14H2,1-2H3/t20-/m1/s1. The zero-order valence-corrected chi connectivity index (χ0v) is 18.7. The summed E-state index contributed by atoms with van der Waals surface area (Å²) in [6.07, 6.45) is 2.23. The van der Waals surface area contributed by atoms with Crippen molar-refractivity contribution in [3.63, 3.8) is 0 Å². The van der Waals surface area contributed by atoms with Gasteiger partial charge in [-0.25, -0.2) is 5.01 Å². The van der Waals surface area contributed by atoms with Crippen LogP contribution in [0.25, 0.3) is 0 Å². The van der Waals surface area contributed by atoms with E-state index < -0.39 is 5.72 Å². The first-order valence-corrected chi connectivity index (χ1v) is 11.0. The summed E-state index contributed by atoms with van der Waals surface area (Å²) in [5, 5.41) is 7.24. The number of hydrogen-bond donors (Lipinski definition) is 0. The minimum absolute atomic E-state index is 0.0926. The zero-order valence-electron chi connectivity index (χ0n) is 17.1. The molecule has 3 aliphatic rings. The van der Waals surface area contributed by atoms with E-state index in [0.29, 0.717) is 13.1 Å². The second kappa shape index (κ2) is 7.30. The maximum absolute atomic E-state index is 11.9. The van der Waals surface area contributed by atoms with Crippen molar-refractivity contribution in [1.29, 1.82) is 0 Å². The summed E-state index contributed by atoms with van der Waals surface area (Å²) in [4.78, 5) is 13.8. The molecule has 3 heterocycles. The van der Waals surface area contributed by atoms with Crippen LogP contribution in [-0.4, -0.2) is 47.5 Å². The Labute approximate surface area is 184 Å². The van der Waals surface area contributed by atoms with E-state index in [1.807, 2.05) is 35.2 Å². The summed E-state index contributed by atoms with van der Waals surface area (Å²) in [5.41, 5.74) is 2.61. The second-order valence-corrected chi connectivity index (χ2v) is 8.96. The lowest BCUT2D eigenvalue weighted by molar-refractivity contribution is -0.158. The molecule has 1 atom stereocenters. The van der Waals surface area contributed by atoms with Crippen LogP contribution in [0.2, 0.25) is 0 Å². The number of halogens is 1. The summed E-state index contributed by atoms with van der Waals surface area (Å²) >= 11 is 3.61. The minimum Gasteiger partial charge on any atom is -0.496 e. The molecule has 6 nitrogen and oxygen atoms in total. The molecule has 2 aromatic rings. The first kappa shape index (κ1) is 19.4. The Kier molecular flexibility index (Phi) is 4.73. The number of rotatable bonds is 2. The number of likely N-dealkylation sites (tertiary alicyclic amines) is 1. The maximum atomic E-state index is 11.9. The largest absolute Gasteiger partial charge is 0.496 e. The predicted octanol–water partition coefficient (Wildman–Crippen LogP) is 4.34. The number of benzene rings is 2. The summed E-state index contributed by atoms with van der Waals surface area (Å²) < 4.78 is 13.2. The monoisotopic (exact) mass is 469 g/mol. The highest BCUT2D eigenvalue weighted by Crippen LogP contribution is 2.50. The third-order valence-electron chi connectivity index (χ3n) is 6.37. The average Bonchev–Trinajstić information content (AvgIpc) is 3.21. The molecule has 3 aliphatic heterocycles. The number of hydrogen-bond acceptors (Lipinski definition) is 5. The molecule has 0 N–H and O–H groups in total. The van der Waals surface area contributed by atoms with Gasteiger partial charge in [0.1, 0.15) is 11.5 Å². The molecule has 5 rings (SSSR count). The summed E-state index contributed by atoms with van der Waals surface area (Å²) in [7, 11) is 1.69. The van der Waals surface area contributed by atoms with E-state index in [9.17, 15) is 4.79 Å². The van der Waals surface area contributed by atoms with Crippen molar-refractivity contribution in [3.05, 3.63) is 58.1 Å². The van der Waals surface area contributed by atoms with Gasteiger partial charge in [-0.1, -0.05) is 28.1 Å². The van der Waals surface area contributed by atoms with Crippen LogP contribution in [0.4, 0.5) is 0 Å². The van der Waals surface area contributed by atoms with Crippen molar-refractivity contribution in [3.8, 4) is 11.5 Å². The topological polar surface area (TPSA) is 54.4 Å². The number of ether oxygens (including phenoxy) is 2. The summed E-state index contributed by atoms with van der Waals surface area (Å²) in [5.74, 6) is 1.85. The van der Waals surface area contributed by atoms with E-state index in [0.717, 1.165) is 52.1 Å². The highest BCUT2D eigenvalue weighted by molar-refractivity contribution is 9.10. The maximum Gasteiger partial charge on any atom is 0.219 e. The molecule has 0 saturated carbocycles.